The molecule has 0 aromatic rings. The second kappa shape index (κ2) is 18.0. The van der Waals surface area contributed by atoms with Crippen LogP contribution in [0.1, 0.15) is 41.5 Å². The Kier molecular flexibility index (Phi) is 27.9. The van der Waals surface area contributed by atoms with Crippen LogP contribution in [-0.2, 0) is 23.3 Å². The minimum atomic E-state index is 0. The molecule has 0 amide bonds. The Balaban J connectivity index is -0.0000000676. The molecule has 2 unspecified atom stereocenters. The Morgan fingerprint density at radius 2 is 1.00 bits per heavy atom. The van der Waals surface area contributed by atoms with Crippen LogP contribution in [0.2, 0.25) is 0 Å². The van der Waals surface area contributed by atoms with Crippen LogP contribution < -0.4 is 0 Å². The molecule has 0 aromatic heterocycles. The summed E-state index contributed by atoms with van der Waals surface area (Å²) in [4.78, 5) is 0. The van der Waals surface area contributed by atoms with E-state index in [0.29, 0.717) is 11.8 Å². The molecule has 130 valence electrons. The van der Waals surface area contributed by atoms with Crippen LogP contribution in [0.3, 0.4) is 0 Å². The second-order valence-electron chi connectivity index (χ2n) is 4.82. The van der Waals surface area contributed by atoms with Gasteiger partial charge in [-0.1, -0.05) is 39.5 Å². The summed E-state index contributed by atoms with van der Waals surface area (Å²) in [6.45, 7) is 14.7. The first-order valence-corrected chi connectivity index (χ1v) is 12.3. The van der Waals surface area contributed by atoms with E-state index in [1.807, 2.05) is 6.88 Å². The van der Waals surface area contributed by atoms with Gasteiger partial charge in [-0.05, 0) is 0 Å². The third-order valence-electron chi connectivity index (χ3n) is 3.07. The van der Waals surface area contributed by atoms with Crippen molar-refractivity contribution in [3.63, 3.8) is 0 Å². The summed E-state index contributed by atoms with van der Waals surface area (Å²) < 4.78 is 0. The summed E-state index contributed by atoms with van der Waals surface area (Å²) in [5.74, 6) is 1.10. The number of allylic oxidation sites excluding steroid dienone is 8. The summed E-state index contributed by atoms with van der Waals surface area (Å²) in [7, 11) is 0. The first-order valence-electron chi connectivity index (χ1n) is 6.33. The van der Waals surface area contributed by atoms with Crippen molar-refractivity contribution in [2.24, 2.45) is 11.8 Å². The summed E-state index contributed by atoms with van der Waals surface area (Å²) in [5.41, 5.74) is 5.41. The molecule has 0 aromatic carbocycles. The van der Waals surface area contributed by atoms with Crippen molar-refractivity contribution in [2.45, 2.75) is 41.5 Å². The van der Waals surface area contributed by atoms with Gasteiger partial charge in [0, 0.05) is 0 Å². The van der Waals surface area contributed by atoms with E-state index in [4.69, 9.17) is 0 Å². The molecule has 2 rings (SSSR count). The van der Waals surface area contributed by atoms with E-state index >= 15 is 0 Å². The van der Waals surface area contributed by atoms with Crippen LogP contribution in [0, 0.1) is 38.8 Å². The quantitative estimate of drug-likeness (QED) is 0.347. The Hall–Kier alpha value is 0.640. The van der Waals surface area contributed by atoms with Crippen molar-refractivity contribution in [2.75, 3.05) is 0 Å². The average Bonchev–Trinajstić information content (AvgIpc) is 2.74. The Bertz CT molecular complexity index is 335. The summed E-state index contributed by atoms with van der Waals surface area (Å²) in [6, 6.07) is 0. The van der Waals surface area contributed by atoms with Gasteiger partial charge in [0.15, 0.2) is 0 Å². The van der Waals surface area contributed by atoms with Gasteiger partial charge < -0.3 is 14.9 Å². The van der Waals surface area contributed by atoms with Gasteiger partial charge in [-0.3, -0.25) is 12.2 Å². The van der Waals surface area contributed by atoms with Crippen LogP contribution >= 0.6 is 24.8 Å². The van der Waals surface area contributed by atoms with Crippen LogP contribution in [0.15, 0.2) is 34.4 Å². The van der Waals surface area contributed by atoms with Crippen molar-refractivity contribution < 1.29 is 23.3 Å². The van der Waals surface area contributed by atoms with E-state index in [-0.39, 0.29) is 39.7 Å². The van der Waals surface area contributed by atoms with Crippen LogP contribution in [0.25, 0.3) is 0 Å². The van der Waals surface area contributed by atoms with Gasteiger partial charge in [-0.2, -0.15) is 12.2 Å². The second-order valence-corrected chi connectivity index (χ2v) is 4.82. The number of hydrogen-bond acceptors (Lipinski definition) is 0. The van der Waals surface area contributed by atoms with Gasteiger partial charge in [0.2, 0.25) is 0 Å². The molecule has 4 heteroatoms. The zero-order chi connectivity index (χ0) is 14.3. The molecule has 0 N–H and O–H groups in total. The molecule has 0 radical (unpaired) electrons. The van der Waals surface area contributed by atoms with Crippen LogP contribution in [-0.4, -0.2) is 6.88 Å². The Morgan fingerprint density at radius 1 is 0.773 bits per heavy atom. The molecule has 2 aliphatic rings. The Labute approximate surface area is 169 Å². The predicted molar refractivity (Wildman–Crippen MR) is 107 cm³/mol. The molecule has 2 aliphatic carbocycles. The van der Waals surface area contributed by atoms with E-state index in [0.717, 1.165) is 0 Å². The van der Waals surface area contributed by atoms with Gasteiger partial charge in [0.25, 0.3) is 0 Å². The fourth-order valence-electron chi connectivity index (χ4n) is 1.99. The molecule has 22 heavy (non-hydrogen) atoms. The van der Waals surface area contributed by atoms with Gasteiger partial charge in [0.1, 0.15) is 0 Å². The Morgan fingerprint density at radius 3 is 1.05 bits per heavy atom. The summed E-state index contributed by atoms with van der Waals surface area (Å²) in [5, 5.41) is 0. The molecule has 0 nitrogen and oxygen atoms in total. The average molecular weight is 439 g/mol. The third kappa shape index (κ3) is 13.1. The molecule has 0 saturated carbocycles. The molecule has 2 atom stereocenters. The fraction of sp³-hybridized carbons (Fsp3) is 0.444. The van der Waals surface area contributed by atoms with Crippen LogP contribution in [0.4, 0.5) is 0 Å². The van der Waals surface area contributed by atoms with E-state index in [9.17, 15) is 0 Å². The van der Waals surface area contributed by atoms with Crippen molar-refractivity contribution >= 4 is 31.7 Å². The van der Waals surface area contributed by atoms with E-state index in [2.05, 4.69) is 65.8 Å². The van der Waals surface area contributed by atoms with E-state index in [1.165, 1.54) is 22.3 Å². The van der Waals surface area contributed by atoms with Gasteiger partial charge in [-0.25, -0.2) is 22.3 Å². The predicted octanol–water partition coefficient (Wildman–Crippen LogP) is 5.49. The SMILES string of the molecule is CC1=[C-]C(C)C=C1C.CC1=[C-]C(C)C=C1C.Cl.Cl.[CH3-].[CH3-].[SiH2]=[Zr]. The molecule has 0 spiro atoms. The number of hydrogen-bond donors (Lipinski definition) is 0. The van der Waals surface area contributed by atoms with E-state index in [1.54, 1.807) is 23.3 Å². The van der Waals surface area contributed by atoms with Crippen molar-refractivity contribution in [1.82, 2.24) is 0 Å². The molecular formula is C18H32Cl2SiZr-4. The first-order chi connectivity index (χ1) is 8.40. The zero-order valence-corrected chi connectivity index (χ0v) is 20.8. The molecular weight excluding hydrogens is 406 g/mol. The van der Waals surface area contributed by atoms with Crippen LogP contribution in [0.5, 0.6) is 0 Å². The van der Waals surface area contributed by atoms with Crippen molar-refractivity contribution in [3.8, 4) is 0 Å². The molecule has 0 heterocycles. The number of halogens is 2. The van der Waals surface area contributed by atoms with Crippen molar-refractivity contribution in [3.05, 3.63) is 61.4 Å². The topological polar surface area (TPSA) is 0 Å². The maximum atomic E-state index is 3.29. The zero-order valence-electron chi connectivity index (χ0n) is 15.3. The fourth-order valence-corrected chi connectivity index (χ4v) is 1.99. The normalized spacial score (nSPS) is 20.2. The summed E-state index contributed by atoms with van der Waals surface area (Å²) >= 11 is 1.58. The van der Waals surface area contributed by atoms with Crippen molar-refractivity contribution in [1.29, 1.82) is 0 Å². The van der Waals surface area contributed by atoms with Gasteiger partial charge in [-0.15, -0.1) is 38.7 Å². The van der Waals surface area contributed by atoms with Gasteiger partial charge in [0.05, 0.1) is 0 Å². The monoisotopic (exact) mass is 436 g/mol. The molecule has 0 bridgehead atoms. The summed E-state index contributed by atoms with van der Waals surface area (Å²) in [6.07, 6.45) is 11.0. The maximum absolute atomic E-state index is 3.29. The number of rotatable bonds is 0. The molecule has 0 saturated heterocycles. The standard InChI is InChI=1S/2C8H11.2CH3.2ClH.H2Si.Zr/c2*1-6-4-7(2)8(3)5-6;;;;;;/h2*4,6H,1-3H3;2*1H3;2*1H;1H2;/q4*-1;;;;. The molecule has 0 fully saturated rings. The van der Waals surface area contributed by atoms with E-state index < -0.39 is 0 Å². The minimum absolute atomic E-state index is 0. The first kappa shape index (κ1) is 34.1. The third-order valence-corrected chi connectivity index (χ3v) is 3.07. The molecule has 0 aliphatic heterocycles. The van der Waals surface area contributed by atoms with Gasteiger partial charge >= 0.3 is 30.2 Å².